The molecular weight excluding hydrogens is 144 g/mol. The zero-order valence-electron chi connectivity index (χ0n) is 5.38. The third-order valence-corrected chi connectivity index (χ3v) is 1.67. The summed E-state index contributed by atoms with van der Waals surface area (Å²) in [5.41, 5.74) is 0. The molecule has 0 aliphatic carbocycles. The van der Waals surface area contributed by atoms with E-state index >= 15 is 0 Å². The second-order valence-electron chi connectivity index (χ2n) is 1.64. The Balaban J connectivity index is 2.89. The summed E-state index contributed by atoms with van der Waals surface area (Å²) < 4.78 is 0. The molecule has 2 nitrogen and oxygen atoms in total. The molecule has 0 atom stereocenters. The van der Waals surface area contributed by atoms with Crippen LogP contribution < -0.4 is 0 Å². The number of hydrogen-bond donors (Lipinski definition) is 0. The predicted octanol–water partition coefficient (Wildman–Crippen LogP) is 1.33. The number of aryl methyl sites for hydroxylation is 1. The molecule has 0 aliphatic rings. The van der Waals surface area contributed by atoms with Gasteiger partial charge in [0, 0.05) is 17.0 Å². The van der Waals surface area contributed by atoms with Crippen LogP contribution in [0.3, 0.4) is 0 Å². The molecule has 0 aliphatic heterocycles. The van der Waals surface area contributed by atoms with Gasteiger partial charge in [0.1, 0.15) is 0 Å². The number of nitrogens with zero attached hydrogens (tertiary/aromatic N) is 2. The summed E-state index contributed by atoms with van der Waals surface area (Å²) in [5, 5.41) is 8.80. The van der Waals surface area contributed by atoms with Gasteiger partial charge in [-0.2, -0.15) is 5.26 Å². The van der Waals surface area contributed by atoms with Crippen LogP contribution in [0.5, 0.6) is 0 Å². The minimum atomic E-state index is 0.707. The first-order chi connectivity index (χ1) is 4.83. The maximum Gasteiger partial charge on any atom is 0.168 e. The SMILES string of the molecule is Cc1cnc(C#CC#N)s1. The molecule has 0 bridgehead atoms. The van der Waals surface area contributed by atoms with E-state index in [0.717, 1.165) is 4.88 Å². The summed E-state index contributed by atoms with van der Waals surface area (Å²) in [6.45, 7) is 1.95. The minimum absolute atomic E-state index is 0.707. The molecule has 1 aromatic rings. The van der Waals surface area contributed by atoms with E-state index in [9.17, 15) is 0 Å². The Kier molecular flexibility index (Phi) is 2.04. The molecule has 0 amide bonds. The van der Waals surface area contributed by atoms with Gasteiger partial charge in [-0.25, -0.2) is 4.98 Å². The Morgan fingerprint density at radius 3 is 3.00 bits per heavy atom. The van der Waals surface area contributed by atoms with Gasteiger partial charge in [0.15, 0.2) is 11.1 Å². The monoisotopic (exact) mass is 148 g/mol. The largest absolute Gasteiger partial charge is 0.236 e. The molecule has 0 spiro atoms. The first kappa shape index (κ1) is 6.80. The van der Waals surface area contributed by atoms with Crippen molar-refractivity contribution < 1.29 is 0 Å². The summed E-state index contributed by atoms with van der Waals surface area (Å²) in [4.78, 5) is 5.06. The molecule has 0 saturated heterocycles. The van der Waals surface area contributed by atoms with Crippen LogP contribution in [-0.2, 0) is 0 Å². The van der Waals surface area contributed by atoms with Gasteiger partial charge in [0.2, 0.25) is 0 Å². The van der Waals surface area contributed by atoms with Crippen LogP contribution in [0.2, 0.25) is 0 Å². The number of thiazole rings is 1. The third-order valence-electron chi connectivity index (χ3n) is 0.847. The molecule has 1 aromatic heterocycles. The molecule has 0 saturated carbocycles. The van der Waals surface area contributed by atoms with Gasteiger partial charge in [-0.15, -0.1) is 11.3 Å². The maximum atomic E-state index is 8.09. The Labute approximate surface area is 63.1 Å². The highest BCUT2D eigenvalue weighted by Crippen LogP contribution is 2.08. The zero-order valence-corrected chi connectivity index (χ0v) is 6.20. The Bertz CT molecular complexity index is 321. The van der Waals surface area contributed by atoms with Crippen molar-refractivity contribution in [3.63, 3.8) is 0 Å². The van der Waals surface area contributed by atoms with Gasteiger partial charge in [-0.05, 0) is 12.8 Å². The molecule has 1 rings (SSSR count). The number of nitriles is 1. The average Bonchev–Trinajstić information content (AvgIpc) is 2.31. The fourth-order valence-corrected chi connectivity index (χ4v) is 1.11. The fraction of sp³-hybridized carbons (Fsp3) is 0.143. The van der Waals surface area contributed by atoms with Gasteiger partial charge in [0.25, 0.3) is 0 Å². The van der Waals surface area contributed by atoms with Gasteiger partial charge in [0.05, 0.1) is 0 Å². The third kappa shape index (κ3) is 1.58. The first-order valence-electron chi connectivity index (χ1n) is 2.65. The lowest BCUT2D eigenvalue weighted by molar-refractivity contribution is 1.36. The van der Waals surface area contributed by atoms with Crippen molar-refractivity contribution in [1.29, 1.82) is 5.26 Å². The van der Waals surface area contributed by atoms with Crippen molar-refractivity contribution in [3.05, 3.63) is 16.1 Å². The molecular formula is C7H4N2S. The highest BCUT2D eigenvalue weighted by atomic mass is 32.1. The van der Waals surface area contributed by atoms with Crippen LogP contribution in [0.1, 0.15) is 9.88 Å². The fourth-order valence-electron chi connectivity index (χ4n) is 0.494. The molecule has 3 heteroatoms. The van der Waals surface area contributed by atoms with Crippen LogP contribution in [-0.4, -0.2) is 4.98 Å². The molecule has 10 heavy (non-hydrogen) atoms. The highest BCUT2D eigenvalue weighted by Gasteiger charge is 1.90. The van der Waals surface area contributed by atoms with E-state index in [2.05, 4.69) is 16.8 Å². The van der Waals surface area contributed by atoms with Gasteiger partial charge < -0.3 is 0 Å². The van der Waals surface area contributed by atoms with E-state index in [1.165, 1.54) is 11.3 Å². The molecule has 48 valence electrons. The Hall–Kier alpha value is -1.32. The van der Waals surface area contributed by atoms with E-state index in [1.54, 1.807) is 12.3 Å². The van der Waals surface area contributed by atoms with Crippen LogP contribution >= 0.6 is 11.3 Å². The Morgan fingerprint density at radius 2 is 2.50 bits per heavy atom. The van der Waals surface area contributed by atoms with Crippen molar-refractivity contribution in [2.24, 2.45) is 0 Å². The quantitative estimate of drug-likeness (QED) is 0.520. The van der Waals surface area contributed by atoms with Crippen LogP contribution in [0.15, 0.2) is 6.20 Å². The van der Waals surface area contributed by atoms with Gasteiger partial charge in [-0.3, -0.25) is 0 Å². The second kappa shape index (κ2) is 3.00. The first-order valence-corrected chi connectivity index (χ1v) is 3.47. The van der Waals surface area contributed by atoms with Crippen LogP contribution in [0.25, 0.3) is 0 Å². The lowest BCUT2D eigenvalue weighted by atomic mass is 10.6. The van der Waals surface area contributed by atoms with Crippen molar-refractivity contribution in [1.82, 2.24) is 4.98 Å². The van der Waals surface area contributed by atoms with Crippen molar-refractivity contribution in [2.75, 3.05) is 0 Å². The average molecular weight is 148 g/mol. The maximum absolute atomic E-state index is 8.09. The molecule has 0 radical (unpaired) electrons. The lowest BCUT2D eigenvalue weighted by Gasteiger charge is -1.69. The standard InChI is InChI=1S/C7H4N2S/c1-6-5-9-7(10-6)3-2-4-8/h5H,1H3. The highest BCUT2D eigenvalue weighted by molar-refractivity contribution is 7.12. The molecule has 1 heterocycles. The molecule has 0 N–H and O–H groups in total. The van der Waals surface area contributed by atoms with E-state index in [4.69, 9.17) is 5.26 Å². The topological polar surface area (TPSA) is 36.7 Å². The number of hydrogen-bond acceptors (Lipinski definition) is 3. The van der Waals surface area contributed by atoms with Gasteiger partial charge in [-0.1, -0.05) is 0 Å². The van der Waals surface area contributed by atoms with E-state index < -0.39 is 0 Å². The van der Waals surface area contributed by atoms with Crippen molar-refractivity contribution >= 4 is 11.3 Å². The van der Waals surface area contributed by atoms with E-state index in [-0.39, 0.29) is 0 Å². The minimum Gasteiger partial charge on any atom is -0.236 e. The summed E-state index contributed by atoms with van der Waals surface area (Å²) in [6, 6.07) is 1.73. The molecule has 0 fully saturated rings. The number of aromatic nitrogens is 1. The van der Waals surface area contributed by atoms with E-state index in [1.807, 2.05) is 6.92 Å². The summed E-state index contributed by atoms with van der Waals surface area (Å²) in [7, 11) is 0. The predicted molar refractivity (Wildman–Crippen MR) is 39.3 cm³/mol. The smallest absolute Gasteiger partial charge is 0.168 e. The number of rotatable bonds is 0. The zero-order chi connectivity index (χ0) is 7.40. The summed E-state index contributed by atoms with van der Waals surface area (Å²) in [6.07, 6.45) is 1.74. The molecule has 0 unspecified atom stereocenters. The lowest BCUT2D eigenvalue weighted by Crippen LogP contribution is -1.64. The Morgan fingerprint density at radius 1 is 1.70 bits per heavy atom. The van der Waals surface area contributed by atoms with Crippen molar-refractivity contribution in [2.45, 2.75) is 6.92 Å². The second-order valence-corrected chi connectivity index (χ2v) is 2.87. The summed E-state index contributed by atoms with van der Waals surface area (Å²) in [5.74, 6) is 4.89. The van der Waals surface area contributed by atoms with Crippen molar-refractivity contribution in [3.8, 4) is 17.9 Å². The van der Waals surface area contributed by atoms with E-state index in [0.29, 0.717) is 5.01 Å². The molecule has 0 aromatic carbocycles. The van der Waals surface area contributed by atoms with Crippen LogP contribution in [0, 0.1) is 30.1 Å². The normalized spacial score (nSPS) is 7.60. The summed E-state index contributed by atoms with van der Waals surface area (Å²) >= 11 is 1.49. The van der Waals surface area contributed by atoms with Crippen LogP contribution in [0.4, 0.5) is 0 Å². The van der Waals surface area contributed by atoms with Gasteiger partial charge >= 0.3 is 0 Å².